The number of carbonyl (C=O) groups is 1. The number of nitrogens with one attached hydrogen (secondary N) is 1. The molecule has 0 fully saturated rings. The van der Waals surface area contributed by atoms with Gasteiger partial charge in [0.05, 0.1) is 19.2 Å². The Bertz CT molecular complexity index is 827. The van der Waals surface area contributed by atoms with Crippen LogP contribution in [0.3, 0.4) is 0 Å². The van der Waals surface area contributed by atoms with Crippen LogP contribution in [0.25, 0.3) is 0 Å². The van der Waals surface area contributed by atoms with E-state index in [2.05, 4.69) is 16.0 Å². The van der Waals surface area contributed by atoms with Crippen molar-refractivity contribution in [2.24, 2.45) is 0 Å². The van der Waals surface area contributed by atoms with Crippen molar-refractivity contribution in [3.05, 3.63) is 53.8 Å². The number of alkyl halides is 3. The molecule has 0 aliphatic heterocycles. The van der Waals surface area contributed by atoms with Crippen molar-refractivity contribution in [1.29, 1.82) is 0 Å². The molecule has 1 amide bonds. The molecule has 2 aromatic carbocycles. The molecule has 4 nitrogen and oxygen atoms in total. The van der Waals surface area contributed by atoms with E-state index >= 15 is 0 Å². The van der Waals surface area contributed by atoms with Crippen LogP contribution in [0.15, 0.2) is 42.5 Å². The summed E-state index contributed by atoms with van der Waals surface area (Å²) in [5.74, 6) is 0.993. The second-order valence-electron chi connectivity index (χ2n) is 5.12. The molecule has 0 aliphatic rings. The molecule has 0 bridgehead atoms. The molecule has 8 heteroatoms. The van der Waals surface area contributed by atoms with Gasteiger partial charge in [0.1, 0.15) is 5.82 Å². The minimum Gasteiger partial charge on any atom is -0.453 e. The number of hydrogen-bond donors (Lipinski definition) is 1. The molecular formula is C18H14F4N2O2. The standard InChI is InChI=1S/C18H14F4N2O2/c1-3-10-24(13-6-4-12(5-7-13)23-17(25)26-2)14-8-9-16(19)15(11-14)18(20,21)22/h1,4-9,11H,10H2,2H3,(H,23,25). The molecule has 1 N–H and O–H groups in total. The van der Waals surface area contributed by atoms with Gasteiger partial charge in [0.15, 0.2) is 0 Å². The van der Waals surface area contributed by atoms with Crippen molar-refractivity contribution in [2.45, 2.75) is 6.18 Å². The molecule has 0 radical (unpaired) electrons. The first-order chi connectivity index (χ1) is 12.3. The third-order valence-corrected chi connectivity index (χ3v) is 3.43. The Hall–Kier alpha value is -3.21. The number of halogens is 4. The van der Waals surface area contributed by atoms with E-state index in [0.717, 1.165) is 6.07 Å². The Balaban J connectivity index is 2.38. The predicted octanol–water partition coefficient (Wildman–Crippen LogP) is 4.79. The lowest BCUT2D eigenvalue weighted by molar-refractivity contribution is -0.139. The summed E-state index contributed by atoms with van der Waals surface area (Å²) >= 11 is 0. The van der Waals surface area contributed by atoms with Gasteiger partial charge in [0.2, 0.25) is 0 Å². The number of hydrogen-bond acceptors (Lipinski definition) is 3. The molecule has 0 saturated carbocycles. The molecule has 136 valence electrons. The van der Waals surface area contributed by atoms with E-state index in [1.165, 1.54) is 30.2 Å². The molecule has 0 spiro atoms. The van der Waals surface area contributed by atoms with Gasteiger partial charge in [-0.15, -0.1) is 6.42 Å². The Labute approximate surface area is 147 Å². The Morgan fingerprint density at radius 3 is 2.35 bits per heavy atom. The summed E-state index contributed by atoms with van der Waals surface area (Å²) in [6.45, 7) is -0.0350. The first-order valence-corrected chi connectivity index (χ1v) is 7.29. The molecular weight excluding hydrogens is 352 g/mol. The summed E-state index contributed by atoms with van der Waals surface area (Å²) in [5, 5.41) is 2.45. The summed E-state index contributed by atoms with van der Waals surface area (Å²) in [7, 11) is 1.21. The molecule has 0 aromatic heterocycles. The molecule has 0 saturated heterocycles. The van der Waals surface area contributed by atoms with E-state index in [0.29, 0.717) is 17.4 Å². The summed E-state index contributed by atoms with van der Waals surface area (Å²) < 4.78 is 56.8. The summed E-state index contributed by atoms with van der Waals surface area (Å²) in [6, 6.07) is 8.83. The lowest BCUT2D eigenvalue weighted by Crippen LogP contribution is -2.19. The second kappa shape index (κ2) is 7.78. The SMILES string of the molecule is C#CCN(c1ccc(NC(=O)OC)cc1)c1ccc(F)c(C(F)(F)F)c1. The maximum absolute atomic E-state index is 13.5. The Morgan fingerprint density at radius 2 is 1.81 bits per heavy atom. The number of benzene rings is 2. The zero-order valence-electron chi connectivity index (χ0n) is 13.6. The minimum absolute atomic E-state index is 0.0350. The number of rotatable bonds is 4. The lowest BCUT2D eigenvalue weighted by atomic mass is 10.1. The fourth-order valence-electron chi connectivity index (χ4n) is 2.21. The van der Waals surface area contributed by atoms with Crippen LogP contribution in [0.2, 0.25) is 0 Å². The van der Waals surface area contributed by atoms with Gasteiger partial charge < -0.3 is 9.64 Å². The zero-order chi connectivity index (χ0) is 19.3. The smallest absolute Gasteiger partial charge is 0.419 e. The Morgan fingerprint density at radius 1 is 1.19 bits per heavy atom. The number of amides is 1. The van der Waals surface area contributed by atoms with Crippen molar-refractivity contribution >= 4 is 23.2 Å². The van der Waals surface area contributed by atoms with Crippen LogP contribution in [0.4, 0.5) is 39.4 Å². The van der Waals surface area contributed by atoms with Crippen molar-refractivity contribution < 1.29 is 27.1 Å². The van der Waals surface area contributed by atoms with Crippen LogP contribution in [-0.4, -0.2) is 19.7 Å². The average molecular weight is 366 g/mol. The van der Waals surface area contributed by atoms with Crippen LogP contribution >= 0.6 is 0 Å². The highest BCUT2D eigenvalue weighted by atomic mass is 19.4. The van der Waals surface area contributed by atoms with Gasteiger partial charge >= 0.3 is 12.3 Å². The van der Waals surface area contributed by atoms with E-state index in [-0.39, 0.29) is 12.2 Å². The minimum atomic E-state index is -4.82. The third kappa shape index (κ3) is 4.45. The van der Waals surface area contributed by atoms with Gasteiger partial charge in [-0.25, -0.2) is 9.18 Å². The molecule has 2 aromatic rings. The van der Waals surface area contributed by atoms with Crippen LogP contribution < -0.4 is 10.2 Å². The maximum Gasteiger partial charge on any atom is 0.419 e. The largest absolute Gasteiger partial charge is 0.453 e. The molecule has 2 rings (SSSR count). The van der Waals surface area contributed by atoms with Gasteiger partial charge in [-0.05, 0) is 42.5 Å². The van der Waals surface area contributed by atoms with E-state index in [9.17, 15) is 22.4 Å². The Kier molecular flexibility index (Phi) is 5.72. The summed E-state index contributed by atoms with van der Waals surface area (Å²) in [4.78, 5) is 12.6. The quantitative estimate of drug-likeness (QED) is 0.625. The molecule has 0 heterocycles. The van der Waals surface area contributed by atoms with Crippen LogP contribution in [0.1, 0.15) is 5.56 Å². The highest BCUT2D eigenvalue weighted by Crippen LogP contribution is 2.35. The van der Waals surface area contributed by atoms with Crippen LogP contribution in [0.5, 0.6) is 0 Å². The van der Waals surface area contributed by atoms with Crippen molar-refractivity contribution in [3.63, 3.8) is 0 Å². The van der Waals surface area contributed by atoms with Gasteiger partial charge in [-0.2, -0.15) is 13.2 Å². The predicted molar refractivity (Wildman–Crippen MR) is 89.7 cm³/mol. The van der Waals surface area contributed by atoms with E-state index in [1.54, 1.807) is 12.1 Å². The van der Waals surface area contributed by atoms with Crippen molar-refractivity contribution in [3.8, 4) is 12.3 Å². The van der Waals surface area contributed by atoms with E-state index in [4.69, 9.17) is 6.42 Å². The van der Waals surface area contributed by atoms with E-state index < -0.39 is 23.7 Å². The molecule has 0 atom stereocenters. The van der Waals surface area contributed by atoms with Gasteiger partial charge in [0.25, 0.3) is 0 Å². The third-order valence-electron chi connectivity index (χ3n) is 3.43. The highest BCUT2D eigenvalue weighted by Gasteiger charge is 2.34. The summed E-state index contributed by atoms with van der Waals surface area (Å²) in [6.07, 6.45) is -0.174. The normalized spacial score (nSPS) is 10.8. The number of terminal acetylenes is 1. The number of carbonyl (C=O) groups excluding carboxylic acids is 1. The molecule has 0 aliphatic carbocycles. The van der Waals surface area contributed by atoms with Crippen molar-refractivity contribution in [2.75, 3.05) is 23.9 Å². The van der Waals surface area contributed by atoms with Gasteiger partial charge in [-0.1, -0.05) is 5.92 Å². The molecule has 26 heavy (non-hydrogen) atoms. The van der Waals surface area contributed by atoms with Crippen LogP contribution in [0, 0.1) is 18.2 Å². The second-order valence-corrected chi connectivity index (χ2v) is 5.12. The fourth-order valence-corrected chi connectivity index (χ4v) is 2.21. The topological polar surface area (TPSA) is 41.6 Å². The molecule has 0 unspecified atom stereocenters. The van der Waals surface area contributed by atoms with E-state index in [1.807, 2.05) is 0 Å². The first-order valence-electron chi connectivity index (χ1n) is 7.29. The monoisotopic (exact) mass is 366 g/mol. The number of ether oxygens (including phenoxy) is 1. The average Bonchev–Trinajstić information content (AvgIpc) is 2.60. The lowest BCUT2D eigenvalue weighted by Gasteiger charge is -2.24. The fraction of sp³-hybridized carbons (Fsp3) is 0.167. The van der Waals surface area contributed by atoms with Crippen molar-refractivity contribution in [1.82, 2.24) is 0 Å². The zero-order valence-corrected chi connectivity index (χ0v) is 13.6. The summed E-state index contributed by atoms with van der Waals surface area (Å²) in [5.41, 5.74) is -0.388. The maximum atomic E-state index is 13.5. The van der Waals surface area contributed by atoms with Crippen LogP contribution in [-0.2, 0) is 10.9 Å². The number of methoxy groups -OCH3 is 1. The number of anilines is 3. The van der Waals surface area contributed by atoms with Gasteiger partial charge in [-0.3, -0.25) is 5.32 Å². The first kappa shape index (κ1) is 19.1. The highest BCUT2D eigenvalue weighted by molar-refractivity contribution is 5.85. The van der Waals surface area contributed by atoms with Gasteiger partial charge in [0, 0.05) is 17.1 Å². The number of nitrogens with zero attached hydrogens (tertiary/aromatic N) is 1.